The Balaban J connectivity index is 2.09. The summed E-state index contributed by atoms with van der Waals surface area (Å²) in [5.41, 5.74) is -0.119. The number of rotatable bonds is 4. The number of carboxylic acids is 1. The molecule has 2 rings (SSSR count). The Morgan fingerprint density at radius 2 is 2.33 bits per heavy atom. The van der Waals surface area contributed by atoms with Crippen LogP contribution in [-0.4, -0.2) is 52.2 Å². The summed E-state index contributed by atoms with van der Waals surface area (Å²) in [7, 11) is 1.68. The SMILES string of the molecule is CO[C@H]1CCCN(Cc2[nH]c(=O)[nH]c2C(=O)O)C1. The molecule has 100 valence electrons. The Labute approximate surface area is 104 Å². The average Bonchev–Trinajstić information content (AvgIpc) is 2.70. The van der Waals surface area contributed by atoms with E-state index in [2.05, 4.69) is 14.9 Å². The van der Waals surface area contributed by atoms with E-state index in [1.807, 2.05) is 0 Å². The van der Waals surface area contributed by atoms with Gasteiger partial charge >= 0.3 is 11.7 Å². The van der Waals surface area contributed by atoms with Crippen LogP contribution in [0.3, 0.4) is 0 Å². The van der Waals surface area contributed by atoms with Crippen LogP contribution >= 0.6 is 0 Å². The van der Waals surface area contributed by atoms with Crippen molar-refractivity contribution in [1.29, 1.82) is 0 Å². The van der Waals surface area contributed by atoms with Crippen molar-refractivity contribution in [3.63, 3.8) is 0 Å². The fourth-order valence-corrected chi connectivity index (χ4v) is 2.29. The second kappa shape index (κ2) is 5.36. The molecule has 1 atom stereocenters. The van der Waals surface area contributed by atoms with Crippen molar-refractivity contribution >= 4 is 5.97 Å². The lowest BCUT2D eigenvalue weighted by Gasteiger charge is -2.31. The van der Waals surface area contributed by atoms with E-state index in [-0.39, 0.29) is 11.8 Å². The number of nitrogens with one attached hydrogen (secondary N) is 2. The van der Waals surface area contributed by atoms with Gasteiger partial charge in [-0.25, -0.2) is 9.59 Å². The van der Waals surface area contributed by atoms with Crippen molar-refractivity contribution in [1.82, 2.24) is 14.9 Å². The van der Waals surface area contributed by atoms with Crippen molar-refractivity contribution in [3.8, 4) is 0 Å². The van der Waals surface area contributed by atoms with Crippen LogP contribution in [0.15, 0.2) is 4.79 Å². The predicted molar refractivity (Wildman–Crippen MR) is 63.7 cm³/mol. The van der Waals surface area contributed by atoms with E-state index in [1.54, 1.807) is 7.11 Å². The van der Waals surface area contributed by atoms with Crippen LogP contribution in [0, 0.1) is 0 Å². The number of piperidine rings is 1. The first-order chi connectivity index (χ1) is 8.60. The normalized spacial score (nSPS) is 21.1. The maximum atomic E-state index is 11.2. The van der Waals surface area contributed by atoms with Gasteiger partial charge in [0.05, 0.1) is 11.8 Å². The molecule has 1 aromatic rings. The van der Waals surface area contributed by atoms with E-state index in [0.29, 0.717) is 12.2 Å². The number of aromatic nitrogens is 2. The molecular formula is C11H17N3O4. The number of aromatic amines is 2. The molecule has 1 saturated heterocycles. The summed E-state index contributed by atoms with van der Waals surface area (Å²) in [5, 5.41) is 8.97. The predicted octanol–water partition coefficient (Wildman–Crippen LogP) is 0.0120. The minimum atomic E-state index is -1.12. The highest BCUT2D eigenvalue weighted by Crippen LogP contribution is 2.15. The van der Waals surface area contributed by atoms with Gasteiger partial charge in [0.2, 0.25) is 0 Å². The van der Waals surface area contributed by atoms with Crippen LogP contribution in [0.5, 0.6) is 0 Å². The van der Waals surface area contributed by atoms with Crippen LogP contribution < -0.4 is 5.69 Å². The lowest BCUT2D eigenvalue weighted by molar-refractivity contribution is 0.0280. The molecule has 0 aliphatic carbocycles. The highest BCUT2D eigenvalue weighted by molar-refractivity contribution is 5.86. The van der Waals surface area contributed by atoms with Crippen molar-refractivity contribution in [2.45, 2.75) is 25.5 Å². The summed E-state index contributed by atoms with van der Waals surface area (Å²) in [5.74, 6) is -1.12. The summed E-state index contributed by atoms with van der Waals surface area (Å²) in [4.78, 5) is 29.0. The van der Waals surface area contributed by atoms with Gasteiger partial charge in [0, 0.05) is 20.2 Å². The zero-order valence-corrected chi connectivity index (χ0v) is 10.2. The summed E-state index contributed by atoms with van der Waals surface area (Å²) in [6.45, 7) is 2.05. The number of carbonyl (C=O) groups is 1. The van der Waals surface area contributed by atoms with Crippen LogP contribution in [0.4, 0.5) is 0 Å². The summed E-state index contributed by atoms with van der Waals surface area (Å²) >= 11 is 0. The molecule has 0 saturated carbocycles. The van der Waals surface area contributed by atoms with Gasteiger partial charge in [-0.3, -0.25) is 9.88 Å². The molecule has 0 aromatic carbocycles. The van der Waals surface area contributed by atoms with Crippen molar-refractivity contribution in [2.24, 2.45) is 0 Å². The molecule has 1 fully saturated rings. The number of hydrogen-bond acceptors (Lipinski definition) is 4. The molecule has 1 aliphatic heterocycles. The van der Waals surface area contributed by atoms with E-state index in [0.717, 1.165) is 25.9 Å². The summed E-state index contributed by atoms with van der Waals surface area (Å²) < 4.78 is 5.30. The number of nitrogens with zero attached hydrogens (tertiary/aromatic N) is 1. The first-order valence-electron chi connectivity index (χ1n) is 5.89. The van der Waals surface area contributed by atoms with Crippen LogP contribution in [0.25, 0.3) is 0 Å². The molecule has 0 bridgehead atoms. The third kappa shape index (κ3) is 2.80. The molecule has 7 nitrogen and oxygen atoms in total. The number of ether oxygens (including phenoxy) is 1. The minimum Gasteiger partial charge on any atom is -0.477 e. The third-order valence-electron chi connectivity index (χ3n) is 3.20. The number of methoxy groups -OCH3 is 1. The molecule has 1 aromatic heterocycles. The number of imidazole rings is 1. The Hall–Kier alpha value is -1.60. The highest BCUT2D eigenvalue weighted by Gasteiger charge is 2.22. The molecule has 2 heterocycles. The molecule has 0 radical (unpaired) electrons. The first-order valence-corrected chi connectivity index (χ1v) is 5.89. The van der Waals surface area contributed by atoms with Gasteiger partial charge in [-0.1, -0.05) is 0 Å². The maximum absolute atomic E-state index is 11.2. The minimum absolute atomic E-state index is 0.0560. The third-order valence-corrected chi connectivity index (χ3v) is 3.20. The average molecular weight is 255 g/mol. The lowest BCUT2D eigenvalue weighted by atomic mass is 10.1. The summed E-state index contributed by atoms with van der Waals surface area (Å²) in [6.07, 6.45) is 2.20. The van der Waals surface area contributed by atoms with Gasteiger partial charge in [-0.15, -0.1) is 0 Å². The number of likely N-dealkylation sites (tertiary alicyclic amines) is 1. The number of carboxylic acid groups (broad SMARTS) is 1. The molecule has 0 unspecified atom stereocenters. The lowest BCUT2D eigenvalue weighted by Crippen LogP contribution is -2.39. The van der Waals surface area contributed by atoms with Gasteiger partial charge in [0.15, 0.2) is 0 Å². The van der Waals surface area contributed by atoms with E-state index in [1.165, 1.54) is 0 Å². The molecular weight excluding hydrogens is 238 g/mol. The van der Waals surface area contributed by atoms with Gasteiger partial charge in [-0.05, 0) is 19.4 Å². The summed E-state index contributed by atoms with van der Waals surface area (Å²) in [6, 6.07) is 0. The van der Waals surface area contributed by atoms with E-state index in [4.69, 9.17) is 9.84 Å². The fraction of sp³-hybridized carbons (Fsp3) is 0.636. The number of H-pyrrole nitrogens is 2. The van der Waals surface area contributed by atoms with E-state index >= 15 is 0 Å². The molecule has 1 aliphatic rings. The van der Waals surface area contributed by atoms with Crippen LogP contribution in [-0.2, 0) is 11.3 Å². The Kier molecular flexibility index (Phi) is 3.83. The quantitative estimate of drug-likeness (QED) is 0.704. The van der Waals surface area contributed by atoms with Crippen LogP contribution in [0.2, 0.25) is 0 Å². The van der Waals surface area contributed by atoms with Crippen molar-refractivity contribution in [3.05, 3.63) is 21.9 Å². The Morgan fingerprint density at radius 1 is 1.56 bits per heavy atom. The smallest absolute Gasteiger partial charge is 0.354 e. The van der Waals surface area contributed by atoms with Gasteiger partial charge in [0.1, 0.15) is 5.69 Å². The molecule has 0 spiro atoms. The standard InChI is InChI=1S/C11H17N3O4/c1-18-7-3-2-4-14(5-7)6-8-9(10(15)16)13-11(17)12-8/h7H,2-6H2,1H3,(H,15,16)(H2,12,13,17)/t7-/m0/s1. The fourth-order valence-electron chi connectivity index (χ4n) is 2.29. The zero-order valence-electron chi connectivity index (χ0n) is 10.2. The second-order valence-corrected chi connectivity index (χ2v) is 4.47. The zero-order chi connectivity index (χ0) is 13.1. The molecule has 18 heavy (non-hydrogen) atoms. The van der Waals surface area contributed by atoms with Gasteiger partial charge < -0.3 is 14.8 Å². The van der Waals surface area contributed by atoms with Gasteiger partial charge in [0.25, 0.3) is 0 Å². The first kappa shape index (κ1) is 12.8. The number of aromatic carboxylic acids is 1. The van der Waals surface area contributed by atoms with E-state index < -0.39 is 11.7 Å². The largest absolute Gasteiger partial charge is 0.477 e. The van der Waals surface area contributed by atoms with Crippen molar-refractivity contribution in [2.75, 3.05) is 20.2 Å². The molecule has 0 amide bonds. The molecule has 7 heteroatoms. The van der Waals surface area contributed by atoms with Crippen molar-refractivity contribution < 1.29 is 14.6 Å². The topological polar surface area (TPSA) is 98.4 Å². The Morgan fingerprint density at radius 3 is 3.00 bits per heavy atom. The molecule has 3 N–H and O–H groups in total. The monoisotopic (exact) mass is 255 g/mol. The Bertz CT molecular complexity index is 479. The highest BCUT2D eigenvalue weighted by atomic mass is 16.5. The van der Waals surface area contributed by atoms with Gasteiger partial charge in [-0.2, -0.15) is 0 Å². The van der Waals surface area contributed by atoms with E-state index in [9.17, 15) is 9.59 Å². The maximum Gasteiger partial charge on any atom is 0.354 e. The second-order valence-electron chi connectivity index (χ2n) is 4.47. The van der Waals surface area contributed by atoms with Crippen LogP contribution in [0.1, 0.15) is 29.0 Å². The number of hydrogen-bond donors (Lipinski definition) is 3.